The predicted octanol–water partition coefficient (Wildman–Crippen LogP) is 1.46. The molecule has 0 unspecified atom stereocenters. The SMILES string of the molecule is CN(CCC(=O)O)Cc1ccccc1C#N. The molecule has 0 saturated carbocycles. The molecule has 4 heteroatoms. The van der Waals surface area contributed by atoms with Gasteiger partial charge in [0.15, 0.2) is 0 Å². The number of hydrogen-bond acceptors (Lipinski definition) is 3. The highest BCUT2D eigenvalue weighted by Crippen LogP contribution is 2.09. The van der Waals surface area contributed by atoms with Gasteiger partial charge in [-0.25, -0.2) is 0 Å². The lowest BCUT2D eigenvalue weighted by Gasteiger charge is -2.15. The molecule has 0 aliphatic rings. The van der Waals surface area contributed by atoms with Gasteiger partial charge >= 0.3 is 5.97 Å². The highest BCUT2D eigenvalue weighted by atomic mass is 16.4. The van der Waals surface area contributed by atoms with Gasteiger partial charge in [0.2, 0.25) is 0 Å². The third-order valence-electron chi connectivity index (χ3n) is 2.29. The molecule has 84 valence electrons. The number of nitriles is 1. The number of carboxylic acid groups (broad SMARTS) is 1. The van der Waals surface area contributed by atoms with Crippen LogP contribution in [-0.2, 0) is 11.3 Å². The molecule has 0 aliphatic carbocycles. The van der Waals surface area contributed by atoms with Gasteiger partial charge in [-0.1, -0.05) is 18.2 Å². The second-order valence-electron chi connectivity index (χ2n) is 3.65. The maximum Gasteiger partial charge on any atom is 0.304 e. The predicted molar refractivity (Wildman–Crippen MR) is 59.7 cm³/mol. The van der Waals surface area contributed by atoms with Crippen LogP contribution in [0.15, 0.2) is 24.3 Å². The molecule has 1 rings (SSSR count). The van der Waals surface area contributed by atoms with Gasteiger partial charge in [0.05, 0.1) is 18.1 Å². The van der Waals surface area contributed by atoms with Crippen molar-refractivity contribution in [2.75, 3.05) is 13.6 Å². The maximum atomic E-state index is 10.4. The van der Waals surface area contributed by atoms with Crippen molar-refractivity contribution in [3.05, 3.63) is 35.4 Å². The summed E-state index contributed by atoms with van der Waals surface area (Å²) in [5, 5.41) is 17.4. The molecule has 0 aliphatic heterocycles. The first-order chi connectivity index (χ1) is 7.63. The van der Waals surface area contributed by atoms with Gasteiger partial charge in [0.1, 0.15) is 0 Å². The first-order valence-corrected chi connectivity index (χ1v) is 5.02. The van der Waals surface area contributed by atoms with Crippen molar-refractivity contribution in [3.8, 4) is 6.07 Å². The Labute approximate surface area is 94.7 Å². The minimum absolute atomic E-state index is 0.116. The molecule has 0 radical (unpaired) electrons. The van der Waals surface area contributed by atoms with Crippen LogP contribution in [0.25, 0.3) is 0 Å². The Kier molecular flexibility index (Phi) is 4.49. The molecule has 0 heterocycles. The van der Waals surface area contributed by atoms with Crippen LogP contribution in [0.1, 0.15) is 17.5 Å². The molecule has 0 amide bonds. The molecule has 0 atom stereocenters. The molecule has 0 bridgehead atoms. The van der Waals surface area contributed by atoms with E-state index in [1.807, 2.05) is 30.1 Å². The third kappa shape index (κ3) is 3.71. The molecule has 0 fully saturated rings. The average molecular weight is 218 g/mol. The molecule has 0 saturated heterocycles. The van der Waals surface area contributed by atoms with Crippen LogP contribution in [0.2, 0.25) is 0 Å². The van der Waals surface area contributed by atoms with E-state index in [4.69, 9.17) is 10.4 Å². The van der Waals surface area contributed by atoms with E-state index in [9.17, 15) is 4.79 Å². The van der Waals surface area contributed by atoms with E-state index in [2.05, 4.69) is 6.07 Å². The second-order valence-corrected chi connectivity index (χ2v) is 3.65. The van der Waals surface area contributed by atoms with E-state index in [1.165, 1.54) is 0 Å². The van der Waals surface area contributed by atoms with E-state index >= 15 is 0 Å². The summed E-state index contributed by atoms with van der Waals surface area (Å²) in [5.41, 5.74) is 1.57. The Morgan fingerprint density at radius 2 is 2.19 bits per heavy atom. The third-order valence-corrected chi connectivity index (χ3v) is 2.29. The topological polar surface area (TPSA) is 64.3 Å². The van der Waals surface area contributed by atoms with E-state index in [0.29, 0.717) is 18.7 Å². The average Bonchev–Trinajstić information content (AvgIpc) is 2.27. The van der Waals surface area contributed by atoms with Crippen molar-refractivity contribution in [2.24, 2.45) is 0 Å². The smallest absolute Gasteiger partial charge is 0.304 e. The fraction of sp³-hybridized carbons (Fsp3) is 0.333. The van der Waals surface area contributed by atoms with Crippen LogP contribution in [0, 0.1) is 11.3 Å². The fourth-order valence-electron chi connectivity index (χ4n) is 1.42. The Balaban J connectivity index is 2.59. The summed E-state index contributed by atoms with van der Waals surface area (Å²) in [5.74, 6) is -0.805. The van der Waals surface area contributed by atoms with Gasteiger partial charge in [-0.15, -0.1) is 0 Å². The zero-order valence-electron chi connectivity index (χ0n) is 9.18. The summed E-state index contributed by atoms with van der Waals surface area (Å²) in [4.78, 5) is 12.3. The molecule has 1 aromatic rings. The van der Waals surface area contributed by atoms with E-state index < -0.39 is 5.97 Å². The molecule has 1 N–H and O–H groups in total. The lowest BCUT2D eigenvalue weighted by molar-refractivity contribution is -0.137. The normalized spacial score (nSPS) is 10.1. The Morgan fingerprint density at radius 1 is 1.50 bits per heavy atom. The molecule has 0 aromatic heterocycles. The Hall–Kier alpha value is -1.86. The highest BCUT2D eigenvalue weighted by molar-refractivity contribution is 5.66. The quantitative estimate of drug-likeness (QED) is 0.812. The highest BCUT2D eigenvalue weighted by Gasteiger charge is 2.06. The summed E-state index contributed by atoms with van der Waals surface area (Å²) in [6.45, 7) is 1.08. The van der Waals surface area contributed by atoms with Gasteiger partial charge in [0.25, 0.3) is 0 Å². The minimum atomic E-state index is -0.805. The lowest BCUT2D eigenvalue weighted by atomic mass is 10.1. The zero-order chi connectivity index (χ0) is 12.0. The van der Waals surface area contributed by atoms with Crippen molar-refractivity contribution in [1.29, 1.82) is 5.26 Å². The summed E-state index contributed by atoms with van der Waals surface area (Å²) >= 11 is 0. The van der Waals surface area contributed by atoms with Crippen molar-refractivity contribution >= 4 is 5.97 Å². The van der Waals surface area contributed by atoms with Crippen molar-refractivity contribution < 1.29 is 9.90 Å². The molecular formula is C12H14N2O2. The molecule has 0 spiro atoms. The summed E-state index contributed by atoms with van der Waals surface area (Å²) in [6, 6.07) is 9.47. The molecule has 16 heavy (non-hydrogen) atoms. The molecular weight excluding hydrogens is 204 g/mol. The van der Waals surface area contributed by atoms with Crippen LogP contribution < -0.4 is 0 Å². The monoisotopic (exact) mass is 218 g/mol. The van der Waals surface area contributed by atoms with E-state index in [0.717, 1.165) is 5.56 Å². The summed E-state index contributed by atoms with van der Waals surface area (Å²) in [7, 11) is 1.84. The van der Waals surface area contributed by atoms with Gasteiger partial charge < -0.3 is 10.0 Å². The largest absolute Gasteiger partial charge is 0.481 e. The van der Waals surface area contributed by atoms with Crippen molar-refractivity contribution in [2.45, 2.75) is 13.0 Å². The van der Waals surface area contributed by atoms with Crippen LogP contribution in [0.5, 0.6) is 0 Å². The number of nitrogens with zero attached hydrogens (tertiary/aromatic N) is 2. The lowest BCUT2D eigenvalue weighted by Crippen LogP contribution is -2.21. The van der Waals surface area contributed by atoms with Crippen LogP contribution in [0.3, 0.4) is 0 Å². The first-order valence-electron chi connectivity index (χ1n) is 5.02. The van der Waals surface area contributed by atoms with Crippen molar-refractivity contribution in [1.82, 2.24) is 4.90 Å². The van der Waals surface area contributed by atoms with Gasteiger partial charge in [-0.2, -0.15) is 5.26 Å². The van der Waals surface area contributed by atoms with Crippen LogP contribution in [0.4, 0.5) is 0 Å². The second kappa shape index (κ2) is 5.89. The Bertz CT molecular complexity index is 410. The van der Waals surface area contributed by atoms with Crippen LogP contribution >= 0.6 is 0 Å². The Morgan fingerprint density at radius 3 is 2.81 bits per heavy atom. The molecule has 1 aromatic carbocycles. The number of benzene rings is 1. The van der Waals surface area contributed by atoms with E-state index in [1.54, 1.807) is 6.07 Å². The maximum absolute atomic E-state index is 10.4. The van der Waals surface area contributed by atoms with E-state index in [-0.39, 0.29) is 6.42 Å². The number of carbonyl (C=O) groups is 1. The number of hydrogen-bond donors (Lipinski definition) is 1. The number of carboxylic acids is 1. The standard InChI is InChI=1S/C12H14N2O2/c1-14(7-6-12(15)16)9-11-5-3-2-4-10(11)8-13/h2-5H,6-7,9H2,1H3,(H,15,16). The van der Waals surface area contributed by atoms with Gasteiger partial charge in [0, 0.05) is 13.1 Å². The minimum Gasteiger partial charge on any atom is -0.481 e. The summed E-state index contributed by atoms with van der Waals surface area (Å²) in [6.07, 6.45) is 0.116. The van der Waals surface area contributed by atoms with Crippen molar-refractivity contribution in [3.63, 3.8) is 0 Å². The summed E-state index contributed by atoms with van der Waals surface area (Å²) < 4.78 is 0. The molecule has 4 nitrogen and oxygen atoms in total. The number of rotatable bonds is 5. The zero-order valence-corrected chi connectivity index (χ0v) is 9.18. The number of aliphatic carboxylic acids is 1. The van der Waals surface area contributed by atoms with Crippen LogP contribution in [-0.4, -0.2) is 29.6 Å². The van der Waals surface area contributed by atoms with Gasteiger partial charge in [-0.3, -0.25) is 4.79 Å². The fourth-order valence-corrected chi connectivity index (χ4v) is 1.42. The first kappa shape index (κ1) is 12.2. The van der Waals surface area contributed by atoms with Gasteiger partial charge in [-0.05, 0) is 18.7 Å².